The molecule has 1 unspecified atom stereocenters. The number of hydrogen-bond donors (Lipinski definition) is 2. The Morgan fingerprint density at radius 2 is 2.00 bits per heavy atom. The fourth-order valence-corrected chi connectivity index (χ4v) is 1.26. The third-order valence-electron chi connectivity index (χ3n) is 2.34. The van der Waals surface area contributed by atoms with E-state index in [0.717, 1.165) is 0 Å². The van der Waals surface area contributed by atoms with E-state index in [4.69, 9.17) is 9.47 Å². The van der Waals surface area contributed by atoms with E-state index in [0.29, 0.717) is 39.0 Å². The number of nitrogens with one attached hydrogen (secondary N) is 1. The Balaban J connectivity index is 1.95. The molecule has 0 aliphatic heterocycles. The maximum atomic E-state index is 9.92. The van der Waals surface area contributed by atoms with E-state index in [2.05, 4.69) is 5.32 Å². The van der Waals surface area contributed by atoms with Crippen LogP contribution in [0.4, 0.5) is 0 Å². The Labute approximate surface area is 92.0 Å². The molecule has 1 atom stereocenters. The molecule has 4 heteroatoms. The predicted molar refractivity (Wildman–Crippen MR) is 59.0 cm³/mol. The van der Waals surface area contributed by atoms with Crippen molar-refractivity contribution < 1.29 is 14.6 Å². The number of rotatable bonds is 9. The molecule has 0 aromatic heterocycles. The molecule has 0 amide bonds. The second kappa shape index (κ2) is 6.43. The van der Waals surface area contributed by atoms with E-state index in [9.17, 15) is 5.11 Å². The van der Waals surface area contributed by atoms with E-state index in [-0.39, 0.29) is 0 Å². The third kappa shape index (κ3) is 6.84. The van der Waals surface area contributed by atoms with Gasteiger partial charge in [-0.2, -0.15) is 0 Å². The molecule has 2 N–H and O–H groups in total. The first-order valence-electron chi connectivity index (χ1n) is 5.75. The second-order valence-corrected chi connectivity index (χ2v) is 4.40. The topological polar surface area (TPSA) is 50.7 Å². The van der Waals surface area contributed by atoms with Gasteiger partial charge in [-0.1, -0.05) is 0 Å². The Kier molecular flexibility index (Phi) is 5.53. The Hall–Kier alpha value is -0.160. The van der Waals surface area contributed by atoms with Gasteiger partial charge in [-0.15, -0.1) is 0 Å². The molecule has 90 valence electrons. The van der Waals surface area contributed by atoms with Gasteiger partial charge in [-0.25, -0.2) is 0 Å². The van der Waals surface area contributed by atoms with Crippen molar-refractivity contribution in [3.05, 3.63) is 0 Å². The molecule has 1 rings (SSSR count). The summed E-state index contributed by atoms with van der Waals surface area (Å²) in [6, 6.07) is 0.625. The van der Waals surface area contributed by atoms with Gasteiger partial charge < -0.3 is 19.9 Å². The van der Waals surface area contributed by atoms with Crippen molar-refractivity contribution >= 4 is 0 Å². The lowest BCUT2D eigenvalue weighted by atomic mass is 10.1. The van der Waals surface area contributed by atoms with Crippen LogP contribution in [0.1, 0.15) is 26.7 Å². The molecule has 1 saturated carbocycles. The predicted octanol–water partition coefficient (Wildman–Crippen LogP) is 0.542. The van der Waals surface area contributed by atoms with Gasteiger partial charge in [0.25, 0.3) is 0 Å². The van der Waals surface area contributed by atoms with Crippen molar-refractivity contribution in [2.75, 3.05) is 33.0 Å². The van der Waals surface area contributed by atoms with Gasteiger partial charge in [0, 0.05) is 19.2 Å². The summed E-state index contributed by atoms with van der Waals surface area (Å²) < 4.78 is 10.5. The summed E-state index contributed by atoms with van der Waals surface area (Å²) in [4.78, 5) is 0. The van der Waals surface area contributed by atoms with Crippen molar-refractivity contribution in [1.29, 1.82) is 0 Å². The molecule has 0 saturated heterocycles. The average molecular weight is 217 g/mol. The summed E-state index contributed by atoms with van der Waals surface area (Å²) in [5.41, 5.74) is -0.769. The third-order valence-corrected chi connectivity index (χ3v) is 2.34. The Bertz CT molecular complexity index is 169. The van der Waals surface area contributed by atoms with Crippen LogP contribution in [0.2, 0.25) is 0 Å². The first-order valence-corrected chi connectivity index (χ1v) is 5.75. The van der Waals surface area contributed by atoms with Gasteiger partial charge in [-0.05, 0) is 26.7 Å². The molecule has 0 heterocycles. The largest absolute Gasteiger partial charge is 0.386 e. The van der Waals surface area contributed by atoms with Gasteiger partial charge in [0.1, 0.15) is 0 Å². The minimum atomic E-state index is -0.769. The molecule has 4 nitrogen and oxygen atoms in total. The number of aliphatic hydroxyl groups is 1. The highest BCUT2D eigenvalue weighted by Gasteiger charge is 2.26. The van der Waals surface area contributed by atoms with Crippen molar-refractivity contribution in [1.82, 2.24) is 5.32 Å². The van der Waals surface area contributed by atoms with Crippen LogP contribution in [0, 0.1) is 0 Å². The molecule has 0 radical (unpaired) electrons. The summed E-state index contributed by atoms with van der Waals surface area (Å²) >= 11 is 0. The van der Waals surface area contributed by atoms with Crippen LogP contribution < -0.4 is 5.32 Å². The number of ether oxygens (including phenoxy) is 2. The van der Waals surface area contributed by atoms with Crippen molar-refractivity contribution in [3.8, 4) is 0 Å². The lowest BCUT2D eigenvalue weighted by molar-refractivity contribution is -0.0457. The zero-order valence-corrected chi connectivity index (χ0v) is 9.79. The lowest BCUT2D eigenvalue weighted by Crippen LogP contribution is -2.42. The molecular formula is C11H23NO3. The maximum Gasteiger partial charge on any atom is 0.0975 e. The summed E-state index contributed by atoms with van der Waals surface area (Å²) in [7, 11) is 0. The minimum absolute atomic E-state index is 0.361. The zero-order chi connectivity index (χ0) is 11.1. The first-order chi connectivity index (χ1) is 7.14. The van der Waals surface area contributed by atoms with Gasteiger partial charge >= 0.3 is 0 Å². The quantitative estimate of drug-likeness (QED) is 0.554. The highest BCUT2D eigenvalue weighted by molar-refractivity contribution is 4.85. The summed E-state index contributed by atoms with van der Waals surface area (Å²) in [5, 5.41) is 13.2. The van der Waals surface area contributed by atoms with Crippen LogP contribution in [0.25, 0.3) is 0 Å². The van der Waals surface area contributed by atoms with Crippen LogP contribution in [0.15, 0.2) is 0 Å². The molecule has 0 aromatic rings. The average Bonchev–Trinajstić information content (AvgIpc) is 2.98. The Morgan fingerprint density at radius 3 is 2.60 bits per heavy atom. The monoisotopic (exact) mass is 217 g/mol. The van der Waals surface area contributed by atoms with Gasteiger partial charge in [-0.3, -0.25) is 0 Å². The molecule has 0 bridgehead atoms. The molecule has 1 aliphatic rings. The van der Waals surface area contributed by atoms with Crippen LogP contribution in [0.5, 0.6) is 0 Å². The fraction of sp³-hybridized carbons (Fsp3) is 1.00. The smallest absolute Gasteiger partial charge is 0.0975 e. The highest BCUT2D eigenvalue weighted by atomic mass is 16.5. The summed E-state index contributed by atoms with van der Waals surface area (Å²) in [5.74, 6) is 0. The van der Waals surface area contributed by atoms with E-state index in [1.807, 2.05) is 6.92 Å². The molecular weight excluding hydrogens is 194 g/mol. The van der Waals surface area contributed by atoms with Gasteiger partial charge in [0.05, 0.1) is 25.4 Å². The first kappa shape index (κ1) is 12.9. The molecule has 15 heavy (non-hydrogen) atoms. The Morgan fingerprint density at radius 1 is 1.33 bits per heavy atom. The molecule has 1 fully saturated rings. The fourth-order valence-electron chi connectivity index (χ4n) is 1.26. The normalized spacial score (nSPS) is 20.2. The standard InChI is InChI=1S/C11H23NO3/c1-3-14-6-7-15-9-11(2,13)8-12-10-4-5-10/h10,12-13H,3-9H2,1-2H3. The van der Waals surface area contributed by atoms with Crippen molar-refractivity contribution in [3.63, 3.8) is 0 Å². The van der Waals surface area contributed by atoms with E-state index >= 15 is 0 Å². The lowest BCUT2D eigenvalue weighted by Gasteiger charge is -2.23. The van der Waals surface area contributed by atoms with Crippen molar-refractivity contribution in [2.45, 2.75) is 38.3 Å². The van der Waals surface area contributed by atoms with Crippen LogP contribution >= 0.6 is 0 Å². The highest BCUT2D eigenvalue weighted by Crippen LogP contribution is 2.19. The van der Waals surface area contributed by atoms with Crippen LogP contribution in [-0.4, -0.2) is 49.7 Å². The SMILES string of the molecule is CCOCCOCC(C)(O)CNC1CC1. The van der Waals surface area contributed by atoms with Crippen LogP contribution in [0.3, 0.4) is 0 Å². The van der Waals surface area contributed by atoms with Crippen LogP contribution in [-0.2, 0) is 9.47 Å². The molecule has 1 aliphatic carbocycles. The van der Waals surface area contributed by atoms with Crippen molar-refractivity contribution in [2.24, 2.45) is 0 Å². The van der Waals surface area contributed by atoms with Gasteiger partial charge in [0.15, 0.2) is 0 Å². The number of hydrogen-bond acceptors (Lipinski definition) is 4. The van der Waals surface area contributed by atoms with E-state index in [1.54, 1.807) is 6.92 Å². The maximum absolute atomic E-state index is 9.92. The molecule has 0 aromatic carbocycles. The van der Waals surface area contributed by atoms with E-state index < -0.39 is 5.60 Å². The van der Waals surface area contributed by atoms with Gasteiger partial charge in [0.2, 0.25) is 0 Å². The summed E-state index contributed by atoms with van der Waals surface area (Å²) in [6.07, 6.45) is 2.47. The summed E-state index contributed by atoms with van der Waals surface area (Å²) in [6.45, 7) is 6.57. The zero-order valence-electron chi connectivity index (χ0n) is 9.79. The van der Waals surface area contributed by atoms with E-state index in [1.165, 1.54) is 12.8 Å². The second-order valence-electron chi connectivity index (χ2n) is 4.40. The minimum Gasteiger partial charge on any atom is -0.386 e. The molecule has 0 spiro atoms.